The minimum atomic E-state index is -0.906. The van der Waals surface area contributed by atoms with Gasteiger partial charge in [-0.1, -0.05) is 46.3 Å². The van der Waals surface area contributed by atoms with Crippen molar-refractivity contribution in [3.63, 3.8) is 0 Å². The average Bonchev–Trinajstić information content (AvgIpc) is 3.36. The first kappa shape index (κ1) is 21.7. The molecule has 3 aromatic rings. The summed E-state index contributed by atoms with van der Waals surface area (Å²) in [6.07, 6.45) is 1.70. The number of amides is 2. The molecule has 3 aliphatic rings. The average molecular weight is 530 g/mol. The summed E-state index contributed by atoms with van der Waals surface area (Å²) in [6.45, 7) is 0. The predicted octanol–water partition coefficient (Wildman–Crippen LogP) is 4.22. The molecule has 0 aromatic heterocycles. The maximum atomic E-state index is 13.9. The molecule has 35 heavy (non-hydrogen) atoms. The Bertz CT molecular complexity index is 1400. The third-order valence-corrected chi connectivity index (χ3v) is 7.50. The van der Waals surface area contributed by atoms with Gasteiger partial charge in [0.25, 0.3) is 0 Å². The minimum absolute atomic E-state index is 0.251. The molecule has 0 bridgehead atoms. The van der Waals surface area contributed by atoms with E-state index in [1.165, 1.54) is 4.90 Å². The molecule has 0 saturated carbocycles. The smallest absolute Gasteiger partial charge is 0.240 e. The summed E-state index contributed by atoms with van der Waals surface area (Å²) in [6, 6.07) is 20.1. The van der Waals surface area contributed by atoms with Crippen molar-refractivity contribution in [2.75, 3.05) is 12.0 Å². The van der Waals surface area contributed by atoms with Crippen LogP contribution >= 0.6 is 15.9 Å². The second kappa shape index (κ2) is 8.16. The summed E-state index contributed by atoms with van der Waals surface area (Å²) in [7, 11) is 1.56. The van der Waals surface area contributed by atoms with E-state index < -0.39 is 23.9 Å². The zero-order valence-corrected chi connectivity index (χ0v) is 20.3. The SMILES string of the molecule is COc1ccc(C(=O)[C@@H]2[C@@H]3C(=O)N(c4cccc(Br)c4)C(=O)[C@@H]3C3c4ccccc4C=NN32)cc1. The van der Waals surface area contributed by atoms with Crippen LogP contribution in [0, 0.1) is 11.8 Å². The Morgan fingerprint density at radius 2 is 1.69 bits per heavy atom. The number of hydrogen-bond acceptors (Lipinski definition) is 6. The Labute approximate surface area is 210 Å². The Hall–Kier alpha value is -3.78. The summed E-state index contributed by atoms with van der Waals surface area (Å²) in [5.41, 5.74) is 2.69. The number of anilines is 1. The Morgan fingerprint density at radius 3 is 2.43 bits per heavy atom. The molecule has 6 rings (SSSR count). The van der Waals surface area contributed by atoms with Gasteiger partial charge in [-0.3, -0.25) is 19.4 Å². The Balaban J connectivity index is 1.48. The molecule has 0 N–H and O–H groups in total. The van der Waals surface area contributed by atoms with Gasteiger partial charge >= 0.3 is 0 Å². The highest BCUT2D eigenvalue weighted by atomic mass is 79.9. The molecule has 3 heterocycles. The number of carbonyl (C=O) groups excluding carboxylic acids is 3. The summed E-state index contributed by atoms with van der Waals surface area (Å²) in [5, 5.41) is 6.26. The van der Waals surface area contributed by atoms with Gasteiger partial charge in [0.2, 0.25) is 11.8 Å². The topological polar surface area (TPSA) is 79.3 Å². The quantitative estimate of drug-likeness (QED) is 0.373. The number of fused-ring (bicyclic) bond motifs is 5. The van der Waals surface area contributed by atoms with Crippen LogP contribution < -0.4 is 9.64 Å². The van der Waals surface area contributed by atoms with Crippen LogP contribution in [0.25, 0.3) is 0 Å². The second-order valence-corrected chi connectivity index (χ2v) is 9.69. The molecule has 2 amide bonds. The maximum absolute atomic E-state index is 13.9. The molecule has 7 nitrogen and oxygen atoms in total. The van der Waals surface area contributed by atoms with Crippen LogP contribution in [0.2, 0.25) is 0 Å². The van der Waals surface area contributed by atoms with Gasteiger partial charge in [0.05, 0.1) is 36.9 Å². The van der Waals surface area contributed by atoms with Crippen LogP contribution in [0.1, 0.15) is 27.5 Å². The van der Waals surface area contributed by atoms with Gasteiger partial charge in [0, 0.05) is 10.0 Å². The number of rotatable bonds is 4. The van der Waals surface area contributed by atoms with E-state index in [0.717, 1.165) is 15.6 Å². The fourth-order valence-corrected chi connectivity index (χ4v) is 5.85. The first-order chi connectivity index (χ1) is 17.0. The first-order valence-corrected chi connectivity index (χ1v) is 12.0. The summed E-state index contributed by atoms with van der Waals surface area (Å²) < 4.78 is 5.98. The van der Waals surface area contributed by atoms with E-state index in [1.807, 2.05) is 30.3 Å². The molecular formula is C27H20BrN3O4. The van der Waals surface area contributed by atoms with Gasteiger partial charge in [0.15, 0.2) is 5.78 Å². The molecule has 0 spiro atoms. The zero-order chi connectivity index (χ0) is 24.3. The van der Waals surface area contributed by atoms with Crippen LogP contribution in [-0.4, -0.2) is 42.0 Å². The number of ketones is 1. The number of halogens is 1. The van der Waals surface area contributed by atoms with Crippen molar-refractivity contribution >= 4 is 45.4 Å². The normalized spacial score (nSPS) is 24.3. The monoisotopic (exact) mass is 529 g/mol. The Kier molecular flexibility index (Phi) is 5.07. The number of benzene rings is 3. The maximum Gasteiger partial charge on any atom is 0.240 e. The molecule has 4 atom stereocenters. The molecule has 0 radical (unpaired) electrons. The fraction of sp³-hybridized carbons (Fsp3) is 0.185. The molecule has 2 fully saturated rings. The summed E-state index contributed by atoms with van der Waals surface area (Å²) in [4.78, 5) is 42.8. The number of imide groups is 1. The minimum Gasteiger partial charge on any atom is -0.497 e. The van der Waals surface area contributed by atoms with Crippen LogP contribution in [-0.2, 0) is 9.59 Å². The first-order valence-electron chi connectivity index (χ1n) is 11.2. The fourth-order valence-electron chi connectivity index (χ4n) is 5.46. The molecule has 8 heteroatoms. The standard InChI is InChI=1S/C27H20BrN3O4/c1-35-19-11-9-15(10-12-19)25(32)24-22-21(23-20-8-3-2-5-16(20)14-29-31(23)24)26(33)30(27(22)34)18-7-4-6-17(28)13-18/h2-14,21-24H,1H3/t21-,22+,23?,24-/m0/s1. The van der Waals surface area contributed by atoms with E-state index in [0.29, 0.717) is 17.0 Å². The van der Waals surface area contributed by atoms with Crippen LogP contribution in [0.5, 0.6) is 5.75 Å². The lowest BCUT2D eigenvalue weighted by Crippen LogP contribution is -2.44. The van der Waals surface area contributed by atoms with E-state index >= 15 is 0 Å². The summed E-state index contributed by atoms with van der Waals surface area (Å²) in [5.74, 6) is -1.91. The highest BCUT2D eigenvalue weighted by molar-refractivity contribution is 9.10. The number of carbonyl (C=O) groups is 3. The largest absolute Gasteiger partial charge is 0.497 e. The van der Waals surface area contributed by atoms with Gasteiger partial charge < -0.3 is 4.74 Å². The zero-order valence-electron chi connectivity index (χ0n) is 18.7. The predicted molar refractivity (Wildman–Crippen MR) is 133 cm³/mol. The van der Waals surface area contributed by atoms with Gasteiger partial charge in [-0.15, -0.1) is 0 Å². The Morgan fingerprint density at radius 1 is 0.943 bits per heavy atom. The van der Waals surface area contributed by atoms with Crippen LogP contribution in [0.4, 0.5) is 5.69 Å². The van der Waals surface area contributed by atoms with Crippen molar-refractivity contribution in [1.29, 1.82) is 0 Å². The number of methoxy groups -OCH3 is 1. The van der Waals surface area contributed by atoms with Crippen molar-refractivity contribution in [3.05, 3.63) is 94.0 Å². The van der Waals surface area contributed by atoms with Crippen molar-refractivity contribution < 1.29 is 19.1 Å². The molecule has 174 valence electrons. The molecule has 3 aromatic carbocycles. The van der Waals surface area contributed by atoms with E-state index in [-0.39, 0.29) is 17.6 Å². The lowest BCUT2D eigenvalue weighted by molar-refractivity contribution is -0.124. The number of Topliss-reactive ketones (excluding diaryl/α,β-unsaturated/α-hetero) is 1. The molecule has 1 unspecified atom stereocenters. The highest BCUT2D eigenvalue weighted by Gasteiger charge is 2.65. The lowest BCUT2D eigenvalue weighted by Gasteiger charge is -2.33. The van der Waals surface area contributed by atoms with Crippen LogP contribution in [0.3, 0.4) is 0 Å². The number of nitrogens with zero attached hydrogens (tertiary/aromatic N) is 3. The van der Waals surface area contributed by atoms with Gasteiger partial charge in [-0.25, -0.2) is 4.90 Å². The van der Waals surface area contributed by atoms with Gasteiger partial charge in [-0.05, 0) is 53.6 Å². The number of ether oxygens (including phenoxy) is 1. The molecule has 2 saturated heterocycles. The molecule has 0 aliphatic carbocycles. The van der Waals surface area contributed by atoms with E-state index in [2.05, 4.69) is 21.0 Å². The van der Waals surface area contributed by atoms with Crippen molar-refractivity contribution in [1.82, 2.24) is 5.01 Å². The molecular weight excluding hydrogens is 510 g/mol. The number of hydrogen-bond donors (Lipinski definition) is 0. The highest BCUT2D eigenvalue weighted by Crippen LogP contribution is 2.53. The second-order valence-electron chi connectivity index (χ2n) is 8.78. The number of hydrazone groups is 1. The van der Waals surface area contributed by atoms with E-state index in [4.69, 9.17) is 4.74 Å². The van der Waals surface area contributed by atoms with E-state index in [9.17, 15) is 14.4 Å². The lowest BCUT2D eigenvalue weighted by atomic mass is 9.83. The molecule has 3 aliphatic heterocycles. The van der Waals surface area contributed by atoms with Crippen molar-refractivity contribution in [2.24, 2.45) is 16.9 Å². The third kappa shape index (κ3) is 3.24. The van der Waals surface area contributed by atoms with Crippen molar-refractivity contribution in [2.45, 2.75) is 12.1 Å². The van der Waals surface area contributed by atoms with Gasteiger partial charge in [0.1, 0.15) is 11.8 Å². The van der Waals surface area contributed by atoms with Gasteiger partial charge in [-0.2, -0.15) is 5.10 Å². The summed E-state index contributed by atoms with van der Waals surface area (Å²) >= 11 is 3.42. The third-order valence-electron chi connectivity index (χ3n) is 7.00. The van der Waals surface area contributed by atoms with E-state index in [1.54, 1.807) is 60.8 Å². The van der Waals surface area contributed by atoms with Crippen LogP contribution in [0.15, 0.2) is 82.4 Å². The van der Waals surface area contributed by atoms with Crippen molar-refractivity contribution in [3.8, 4) is 5.75 Å².